The zero-order valence-corrected chi connectivity index (χ0v) is 13.3. The van der Waals surface area contributed by atoms with Crippen molar-refractivity contribution in [1.29, 1.82) is 0 Å². The number of methoxy groups -OCH3 is 1. The van der Waals surface area contributed by atoms with Crippen molar-refractivity contribution < 1.29 is 14.3 Å². The fourth-order valence-corrected chi connectivity index (χ4v) is 2.30. The van der Waals surface area contributed by atoms with E-state index >= 15 is 0 Å². The molecule has 1 aromatic heterocycles. The molecule has 0 saturated carbocycles. The number of fused-ring (bicyclic) bond motifs is 1. The van der Waals surface area contributed by atoms with Gasteiger partial charge in [-0.3, -0.25) is 0 Å². The van der Waals surface area contributed by atoms with Crippen molar-refractivity contribution in [2.45, 2.75) is 6.61 Å². The Morgan fingerprint density at radius 2 is 1.88 bits per heavy atom. The van der Waals surface area contributed by atoms with Crippen molar-refractivity contribution in [2.24, 2.45) is 0 Å². The second-order valence-electron chi connectivity index (χ2n) is 5.19. The minimum Gasteiger partial charge on any atom is -0.487 e. The largest absolute Gasteiger partial charge is 0.487 e. The molecule has 0 bridgehead atoms. The maximum atomic E-state index is 11.2. The van der Waals surface area contributed by atoms with Gasteiger partial charge >= 0.3 is 5.97 Å². The van der Waals surface area contributed by atoms with E-state index in [1.165, 1.54) is 13.2 Å². The van der Waals surface area contributed by atoms with E-state index in [1.54, 1.807) is 6.08 Å². The molecule has 0 aliphatic heterocycles. The van der Waals surface area contributed by atoms with Gasteiger partial charge < -0.3 is 9.47 Å². The lowest BCUT2D eigenvalue weighted by atomic mass is 10.2. The molecule has 0 spiro atoms. The molecule has 0 N–H and O–H groups in total. The Bertz CT molecular complexity index is 872. The monoisotopic (exact) mass is 319 g/mol. The van der Waals surface area contributed by atoms with Crippen LogP contribution in [0.2, 0.25) is 0 Å². The number of pyridine rings is 1. The van der Waals surface area contributed by atoms with Crippen LogP contribution in [0.25, 0.3) is 17.0 Å². The quantitative estimate of drug-likeness (QED) is 0.527. The summed E-state index contributed by atoms with van der Waals surface area (Å²) >= 11 is 0. The number of rotatable bonds is 5. The second kappa shape index (κ2) is 7.42. The number of para-hydroxylation sites is 1. The number of carbonyl (C=O) groups excluding carboxylic acids is 1. The average molecular weight is 319 g/mol. The van der Waals surface area contributed by atoms with Crippen molar-refractivity contribution in [3.05, 3.63) is 78.0 Å². The second-order valence-corrected chi connectivity index (χ2v) is 5.19. The number of ether oxygens (including phenoxy) is 2. The molecule has 24 heavy (non-hydrogen) atoms. The summed E-state index contributed by atoms with van der Waals surface area (Å²) < 4.78 is 10.5. The Kier molecular flexibility index (Phi) is 4.87. The van der Waals surface area contributed by atoms with Gasteiger partial charge in [-0.25, -0.2) is 9.78 Å². The van der Waals surface area contributed by atoms with Crippen molar-refractivity contribution >= 4 is 22.9 Å². The first-order valence-corrected chi connectivity index (χ1v) is 7.59. The zero-order chi connectivity index (χ0) is 16.8. The lowest BCUT2D eigenvalue weighted by molar-refractivity contribution is -0.134. The van der Waals surface area contributed by atoms with Crippen LogP contribution in [-0.4, -0.2) is 18.1 Å². The van der Waals surface area contributed by atoms with E-state index in [0.717, 1.165) is 16.5 Å². The number of carbonyl (C=O) groups is 1. The van der Waals surface area contributed by atoms with E-state index in [9.17, 15) is 4.79 Å². The summed E-state index contributed by atoms with van der Waals surface area (Å²) in [5, 5.41) is 0.982. The lowest BCUT2D eigenvalue weighted by Gasteiger charge is -2.09. The summed E-state index contributed by atoms with van der Waals surface area (Å²) in [5.74, 6) is 0.301. The van der Waals surface area contributed by atoms with Gasteiger partial charge in [-0.1, -0.05) is 48.5 Å². The first-order chi connectivity index (χ1) is 11.8. The normalized spacial score (nSPS) is 10.9. The highest BCUT2D eigenvalue weighted by Crippen LogP contribution is 2.25. The third-order valence-corrected chi connectivity index (χ3v) is 3.53. The summed E-state index contributed by atoms with van der Waals surface area (Å²) in [6.07, 6.45) is 2.97. The van der Waals surface area contributed by atoms with E-state index in [0.29, 0.717) is 18.1 Å². The predicted octanol–water partition coefficient (Wildman–Crippen LogP) is 4.00. The number of esters is 1. The number of benzene rings is 2. The molecule has 0 fully saturated rings. The van der Waals surface area contributed by atoms with Crippen LogP contribution in [-0.2, 0) is 16.1 Å². The third kappa shape index (κ3) is 3.79. The molecule has 0 aliphatic rings. The number of hydrogen-bond acceptors (Lipinski definition) is 4. The Balaban J connectivity index is 1.87. The Morgan fingerprint density at radius 1 is 1.04 bits per heavy atom. The van der Waals surface area contributed by atoms with Crippen LogP contribution in [0, 0.1) is 0 Å². The zero-order valence-electron chi connectivity index (χ0n) is 13.3. The Hall–Kier alpha value is -3.14. The molecule has 3 rings (SSSR count). The first kappa shape index (κ1) is 15.7. The van der Waals surface area contributed by atoms with Gasteiger partial charge in [0.05, 0.1) is 12.8 Å². The van der Waals surface area contributed by atoms with Crippen LogP contribution in [0.15, 0.2) is 66.7 Å². The fraction of sp³-hybridized carbons (Fsp3) is 0.100. The van der Waals surface area contributed by atoms with Crippen LogP contribution in [0.1, 0.15) is 11.3 Å². The molecule has 1 heterocycles. The highest BCUT2D eigenvalue weighted by molar-refractivity contribution is 5.88. The maximum Gasteiger partial charge on any atom is 0.330 e. The molecular formula is C20H17NO3. The maximum absolute atomic E-state index is 11.2. The summed E-state index contributed by atoms with van der Waals surface area (Å²) in [6.45, 7) is 0.476. The minimum absolute atomic E-state index is 0.412. The molecule has 0 saturated heterocycles. The predicted molar refractivity (Wildman–Crippen MR) is 93.6 cm³/mol. The van der Waals surface area contributed by atoms with Gasteiger partial charge in [0.1, 0.15) is 17.9 Å². The molecular weight excluding hydrogens is 302 g/mol. The van der Waals surface area contributed by atoms with Crippen LogP contribution in [0.3, 0.4) is 0 Å². The van der Waals surface area contributed by atoms with Crippen LogP contribution < -0.4 is 4.74 Å². The summed E-state index contributed by atoms with van der Waals surface area (Å²) in [7, 11) is 1.34. The van der Waals surface area contributed by atoms with E-state index in [2.05, 4.69) is 9.72 Å². The van der Waals surface area contributed by atoms with Gasteiger partial charge in [-0.05, 0) is 23.8 Å². The molecule has 4 nitrogen and oxygen atoms in total. The summed E-state index contributed by atoms with van der Waals surface area (Å²) in [6, 6.07) is 19.6. The smallest absolute Gasteiger partial charge is 0.330 e. The van der Waals surface area contributed by atoms with Gasteiger partial charge in [0.15, 0.2) is 0 Å². The van der Waals surface area contributed by atoms with Crippen molar-refractivity contribution in [2.75, 3.05) is 7.11 Å². The summed E-state index contributed by atoms with van der Waals surface area (Å²) in [4.78, 5) is 15.8. The highest BCUT2D eigenvalue weighted by Gasteiger charge is 2.05. The lowest BCUT2D eigenvalue weighted by Crippen LogP contribution is -1.97. The topological polar surface area (TPSA) is 48.4 Å². The van der Waals surface area contributed by atoms with Gasteiger partial charge in [-0.2, -0.15) is 0 Å². The van der Waals surface area contributed by atoms with E-state index < -0.39 is 5.97 Å². The van der Waals surface area contributed by atoms with Crippen LogP contribution in [0.4, 0.5) is 0 Å². The van der Waals surface area contributed by atoms with Gasteiger partial charge in [0, 0.05) is 11.5 Å². The SMILES string of the molecule is COC(=O)/C=C/c1ccc2cccc(OCc3ccccc3)c2n1. The molecule has 0 unspecified atom stereocenters. The van der Waals surface area contributed by atoms with Crippen molar-refractivity contribution in [3.8, 4) is 5.75 Å². The van der Waals surface area contributed by atoms with Crippen LogP contribution in [0.5, 0.6) is 5.75 Å². The van der Waals surface area contributed by atoms with Crippen molar-refractivity contribution in [1.82, 2.24) is 4.98 Å². The average Bonchev–Trinajstić information content (AvgIpc) is 2.65. The number of aromatic nitrogens is 1. The first-order valence-electron chi connectivity index (χ1n) is 7.59. The van der Waals surface area contributed by atoms with Gasteiger partial charge in [-0.15, -0.1) is 0 Å². The Labute approximate surface area is 140 Å². The fourth-order valence-electron chi connectivity index (χ4n) is 2.30. The molecule has 0 radical (unpaired) electrons. The molecule has 3 aromatic rings. The van der Waals surface area contributed by atoms with Crippen molar-refractivity contribution in [3.63, 3.8) is 0 Å². The Morgan fingerprint density at radius 3 is 2.67 bits per heavy atom. The molecule has 2 aromatic carbocycles. The van der Waals surface area contributed by atoms with Gasteiger partial charge in [0.2, 0.25) is 0 Å². The van der Waals surface area contributed by atoms with Gasteiger partial charge in [0.25, 0.3) is 0 Å². The molecule has 0 amide bonds. The van der Waals surface area contributed by atoms with E-state index in [4.69, 9.17) is 4.74 Å². The molecule has 0 atom stereocenters. The minimum atomic E-state index is -0.412. The molecule has 4 heteroatoms. The molecule has 0 aliphatic carbocycles. The number of nitrogens with zero attached hydrogens (tertiary/aromatic N) is 1. The van der Waals surface area contributed by atoms with Crippen LogP contribution >= 0.6 is 0 Å². The number of hydrogen-bond donors (Lipinski definition) is 0. The van der Waals surface area contributed by atoms with E-state index in [1.807, 2.05) is 60.7 Å². The standard InChI is InChI=1S/C20H17NO3/c1-23-19(22)13-12-17-11-10-16-8-5-9-18(20(16)21-17)24-14-15-6-3-2-4-7-15/h2-13H,14H2,1H3/b13-12+. The van der Waals surface area contributed by atoms with E-state index in [-0.39, 0.29) is 0 Å². The third-order valence-electron chi connectivity index (χ3n) is 3.53. The summed E-state index contributed by atoms with van der Waals surface area (Å²) in [5.41, 5.74) is 2.53. The highest BCUT2D eigenvalue weighted by atomic mass is 16.5. The molecule has 120 valence electrons.